The molecule has 4 aliphatic rings. The molecule has 4 fully saturated rings. The van der Waals surface area contributed by atoms with Gasteiger partial charge in [-0.1, -0.05) is 13.8 Å². The average Bonchev–Trinajstić information content (AvgIpc) is 3.01. The maximum absolute atomic E-state index is 13.7. The number of esters is 2. The Morgan fingerprint density at radius 2 is 1.72 bits per heavy atom. The van der Waals surface area contributed by atoms with Gasteiger partial charge in [0.15, 0.2) is 0 Å². The number of carboxylic acid groups (broad SMARTS) is 1. The second-order valence-corrected chi connectivity index (χ2v) is 11.2. The lowest BCUT2D eigenvalue weighted by Gasteiger charge is -2.60. The molecule has 4 saturated carbocycles. The topological polar surface area (TPSA) is 107 Å². The first-order valence-electron chi connectivity index (χ1n) is 12.1. The molecule has 0 aromatic heterocycles. The molecule has 0 heterocycles. The second kappa shape index (κ2) is 8.14. The van der Waals surface area contributed by atoms with Crippen molar-refractivity contribution in [3.8, 4) is 0 Å². The normalized spacial score (nSPS) is 43.9. The molecule has 178 valence electrons. The predicted molar refractivity (Wildman–Crippen MR) is 114 cm³/mol. The molecule has 9 atom stereocenters. The van der Waals surface area contributed by atoms with Crippen LogP contribution in [0.5, 0.6) is 0 Å². The summed E-state index contributed by atoms with van der Waals surface area (Å²) in [6, 6.07) is 0. The van der Waals surface area contributed by atoms with Gasteiger partial charge in [-0.05, 0) is 73.5 Å². The number of Topliss-reactive ketones (excluding diaryl/α,β-unsaturated/α-hetero) is 1. The van der Waals surface area contributed by atoms with Gasteiger partial charge < -0.3 is 14.6 Å². The zero-order chi connectivity index (χ0) is 23.4. The number of carboxylic acids is 1. The number of carbonyl (C=O) groups is 4. The maximum Gasteiger partial charge on any atom is 0.345 e. The highest BCUT2D eigenvalue weighted by Crippen LogP contribution is 2.67. The van der Waals surface area contributed by atoms with Gasteiger partial charge in [0, 0.05) is 32.1 Å². The Balaban J connectivity index is 1.59. The first-order valence-corrected chi connectivity index (χ1v) is 12.1. The van der Waals surface area contributed by atoms with Gasteiger partial charge >= 0.3 is 17.9 Å². The minimum atomic E-state index is -1.20. The molecule has 7 heteroatoms. The molecule has 0 aromatic carbocycles. The van der Waals surface area contributed by atoms with Crippen molar-refractivity contribution in [2.45, 2.75) is 91.3 Å². The van der Waals surface area contributed by atoms with Gasteiger partial charge in [0.25, 0.3) is 0 Å². The third-order valence-electron chi connectivity index (χ3n) is 9.61. The third kappa shape index (κ3) is 3.65. The lowest BCUT2D eigenvalue weighted by Crippen LogP contribution is -2.58. The van der Waals surface area contributed by atoms with Crippen molar-refractivity contribution >= 4 is 23.7 Å². The number of rotatable bonds is 4. The van der Waals surface area contributed by atoms with Crippen LogP contribution in [0.15, 0.2) is 0 Å². The van der Waals surface area contributed by atoms with Gasteiger partial charge in [0.2, 0.25) is 6.10 Å². The van der Waals surface area contributed by atoms with E-state index in [2.05, 4.69) is 13.8 Å². The molecule has 32 heavy (non-hydrogen) atoms. The summed E-state index contributed by atoms with van der Waals surface area (Å²) in [4.78, 5) is 48.7. The van der Waals surface area contributed by atoms with Crippen molar-refractivity contribution in [3.63, 3.8) is 0 Å². The standard InChI is InChI=1S/C25H36O7/c1-13(26)31-16-9-10-24(3)15(11-16)5-6-17-18-7-8-19(22(23(29)30)32-14(2)27)25(18,4)12-20(28)21(17)24/h15-19,21-22H,5-12H2,1-4H3,(H,29,30)/t15-,16+,17-,18-,19+,21+,22-,24-,25-/m0/s1. The average molecular weight is 449 g/mol. The zero-order valence-electron chi connectivity index (χ0n) is 19.6. The van der Waals surface area contributed by atoms with Crippen molar-refractivity contribution in [2.75, 3.05) is 0 Å². The summed E-state index contributed by atoms with van der Waals surface area (Å²) in [6.07, 6.45) is 5.08. The Morgan fingerprint density at radius 1 is 1.00 bits per heavy atom. The van der Waals surface area contributed by atoms with Crippen LogP contribution in [0.25, 0.3) is 0 Å². The van der Waals surface area contributed by atoms with E-state index in [1.165, 1.54) is 13.8 Å². The minimum Gasteiger partial charge on any atom is -0.478 e. The van der Waals surface area contributed by atoms with Gasteiger partial charge in [0.1, 0.15) is 11.9 Å². The molecule has 0 amide bonds. The largest absolute Gasteiger partial charge is 0.478 e. The van der Waals surface area contributed by atoms with Crippen molar-refractivity contribution < 1.29 is 33.8 Å². The van der Waals surface area contributed by atoms with E-state index < -0.39 is 23.5 Å². The Bertz CT molecular complexity index is 821. The molecule has 4 aliphatic carbocycles. The summed E-state index contributed by atoms with van der Waals surface area (Å²) in [5, 5.41) is 9.77. The van der Waals surface area contributed by atoms with Crippen LogP contribution >= 0.6 is 0 Å². The van der Waals surface area contributed by atoms with Gasteiger partial charge in [0.05, 0.1) is 0 Å². The van der Waals surface area contributed by atoms with Crippen LogP contribution in [0, 0.1) is 40.4 Å². The molecule has 1 N–H and O–H groups in total. The van der Waals surface area contributed by atoms with E-state index in [1.807, 2.05) is 0 Å². The molecule has 0 aromatic rings. The lowest BCUT2D eigenvalue weighted by atomic mass is 9.44. The number of hydrogen-bond acceptors (Lipinski definition) is 6. The van der Waals surface area contributed by atoms with Crippen molar-refractivity contribution in [2.24, 2.45) is 40.4 Å². The quantitative estimate of drug-likeness (QED) is 0.652. The Labute approximate surface area is 189 Å². The van der Waals surface area contributed by atoms with E-state index in [9.17, 15) is 24.3 Å². The monoisotopic (exact) mass is 448 g/mol. The fraction of sp³-hybridized carbons (Fsp3) is 0.840. The number of hydrogen-bond donors (Lipinski definition) is 1. The number of fused-ring (bicyclic) bond motifs is 5. The molecule has 0 saturated heterocycles. The van der Waals surface area contributed by atoms with Crippen LogP contribution in [0.3, 0.4) is 0 Å². The van der Waals surface area contributed by atoms with Crippen molar-refractivity contribution in [1.29, 1.82) is 0 Å². The van der Waals surface area contributed by atoms with Crippen LogP contribution in [0.4, 0.5) is 0 Å². The van der Waals surface area contributed by atoms with Crippen molar-refractivity contribution in [1.82, 2.24) is 0 Å². The Hall–Kier alpha value is -1.92. The molecule has 4 rings (SSSR count). The van der Waals surface area contributed by atoms with Crippen molar-refractivity contribution in [3.05, 3.63) is 0 Å². The van der Waals surface area contributed by atoms with Crippen LogP contribution < -0.4 is 0 Å². The number of ether oxygens (including phenoxy) is 2. The SMILES string of the molecule is CC(=O)O[C@@H]1CC[C@@]2(C)[C@@H](CC[C@H]3[C@@H]4CC[C@H]([C@H](OC(C)=O)C(=O)O)[C@@]4(C)CC(=O)[C@@H]32)C1. The third-order valence-corrected chi connectivity index (χ3v) is 9.61. The van der Waals surface area contributed by atoms with E-state index in [4.69, 9.17) is 9.47 Å². The molecule has 0 radical (unpaired) electrons. The number of carbonyl (C=O) groups excluding carboxylic acids is 3. The van der Waals surface area contributed by atoms with Crippen LogP contribution in [0.1, 0.15) is 79.1 Å². The fourth-order valence-electron chi connectivity index (χ4n) is 8.39. The summed E-state index contributed by atoms with van der Waals surface area (Å²) in [6.45, 7) is 6.99. The van der Waals surface area contributed by atoms with E-state index in [-0.39, 0.29) is 46.9 Å². The first-order chi connectivity index (χ1) is 15.0. The summed E-state index contributed by atoms with van der Waals surface area (Å²) in [5.74, 6) is -1.22. The highest BCUT2D eigenvalue weighted by Gasteiger charge is 2.65. The van der Waals surface area contributed by atoms with Gasteiger partial charge in [-0.3, -0.25) is 14.4 Å². The van der Waals surface area contributed by atoms with Gasteiger partial charge in [-0.2, -0.15) is 0 Å². The smallest absolute Gasteiger partial charge is 0.345 e. The maximum atomic E-state index is 13.7. The van der Waals surface area contributed by atoms with Crippen LogP contribution in [-0.2, 0) is 28.7 Å². The highest BCUT2D eigenvalue weighted by molar-refractivity contribution is 5.85. The number of aliphatic carboxylic acids is 1. The summed E-state index contributed by atoms with van der Waals surface area (Å²) in [7, 11) is 0. The van der Waals surface area contributed by atoms with E-state index >= 15 is 0 Å². The highest BCUT2D eigenvalue weighted by atomic mass is 16.6. The van der Waals surface area contributed by atoms with E-state index in [0.717, 1.165) is 38.5 Å². The van der Waals surface area contributed by atoms with Crippen LogP contribution in [0.2, 0.25) is 0 Å². The minimum absolute atomic E-state index is 0.0200. The predicted octanol–water partition coefficient (Wildman–Crippen LogP) is 3.77. The molecule has 0 aliphatic heterocycles. The summed E-state index contributed by atoms with van der Waals surface area (Å²) >= 11 is 0. The second-order valence-electron chi connectivity index (χ2n) is 11.2. The van der Waals surface area contributed by atoms with E-state index in [1.54, 1.807) is 0 Å². The zero-order valence-corrected chi connectivity index (χ0v) is 19.6. The first kappa shape index (κ1) is 23.2. The molecule has 0 spiro atoms. The molecule has 0 bridgehead atoms. The Kier molecular flexibility index (Phi) is 5.91. The van der Waals surface area contributed by atoms with E-state index in [0.29, 0.717) is 18.8 Å². The summed E-state index contributed by atoms with van der Waals surface area (Å²) in [5.41, 5.74) is -0.562. The summed E-state index contributed by atoms with van der Waals surface area (Å²) < 4.78 is 10.7. The van der Waals surface area contributed by atoms with Gasteiger partial charge in [-0.15, -0.1) is 0 Å². The lowest BCUT2D eigenvalue weighted by molar-refractivity contribution is -0.179. The molecule has 7 nitrogen and oxygen atoms in total. The number of ketones is 1. The fourth-order valence-corrected chi connectivity index (χ4v) is 8.39. The molecular weight excluding hydrogens is 412 g/mol. The van der Waals surface area contributed by atoms with Crippen LogP contribution in [-0.4, -0.2) is 41.0 Å². The Morgan fingerprint density at radius 3 is 2.34 bits per heavy atom. The molecule has 0 unspecified atom stereocenters. The van der Waals surface area contributed by atoms with Gasteiger partial charge in [-0.25, -0.2) is 4.79 Å². The molecular formula is C25H36O7.